The Labute approximate surface area is 110 Å². The first kappa shape index (κ1) is 13.2. The lowest BCUT2D eigenvalue weighted by Crippen LogP contribution is -2.18. The number of ether oxygens (including phenoxy) is 1. The predicted octanol–water partition coefficient (Wildman–Crippen LogP) is 3.63. The number of hydrogen-bond donors (Lipinski definition) is 1. The SMILES string of the molecule is CCOc1ccc(C=C(CC)CNC2CC2)cc1. The van der Waals surface area contributed by atoms with E-state index < -0.39 is 0 Å². The fourth-order valence-electron chi connectivity index (χ4n) is 1.90. The Bertz CT molecular complexity index is 390. The van der Waals surface area contributed by atoms with E-state index in [2.05, 4.69) is 30.4 Å². The van der Waals surface area contributed by atoms with Crippen LogP contribution in [0, 0.1) is 0 Å². The van der Waals surface area contributed by atoms with Gasteiger partial charge in [-0.15, -0.1) is 0 Å². The summed E-state index contributed by atoms with van der Waals surface area (Å²) >= 11 is 0. The van der Waals surface area contributed by atoms with Gasteiger partial charge < -0.3 is 10.1 Å². The molecule has 0 spiro atoms. The Morgan fingerprint density at radius 3 is 2.56 bits per heavy atom. The van der Waals surface area contributed by atoms with Gasteiger partial charge in [0.1, 0.15) is 5.75 Å². The zero-order valence-corrected chi connectivity index (χ0v) is 11.4. The van der Waals surface area contributed by atoms with Gasteiger partial charge in [-0.1, -0.05) is 30.7 Å². The Morgan fingerprint density at radius 1 is 1.28 bits per heavy atom. The van der Waals surface area contributed by atoms with Crippen molar-refractivity contribution in [3.63, 3.8) is 0 Å². The van der Waals surface area contributed by atoms with Crippen LogP contribution in [0.5, 0.6) is 5.75 Å². The second kappa shape index (κ2) is 6.60. The molecule has 2 nitrogen and oxygen atoms in total. The fourth-order valence-corrected chi connectivity index (χ4v) is 1.90. The second-order valence-corrected chi connectivity index (χ2v) is 4.81. The Balaban J connectivity index is 1.94. The molecular weight excluding hydrogens is 222 g/mol. The van der Waals surface area contributed by atoms with Crippen LogP contribution in [0.2, 0.25) is 0 Å². The maximum atomic E-state index is 5.45. The van der Waals surface area contributed by atoms with Crippen molar-refractivity contribution in [1.82, 2.24) is 5.32 Å². The van der Waals surface area contributed by atoms with Gasteiger partial charge in [-0.25, -0.2) is 0 Å². The van der Waals surface area contributed by atoms with Gasteiger partial charge in [0.25, 0.3) is 0 Å². The van der Waals surface area contributed by atoms with E-state index in [1.165, 1.54) is 24.0 Å². The van der Waals surface area contributed by atoms with Crippen molar-refractivity contribution in [1.29, 1.82) is 0 Å². The highest BCUT2D eigenvalue weighted by molar-refractivity contribution is 5.54. The number of nitrogens with one attached hydrogen (secondary N) is 1. The minimum absolute atomic E-state index is 0.723. The van der Waals surface area contributed by atoms with Crippen molar-refractivity contribution in [2.75, 3.05) is 13.2 Å². The van der Waals surface area contributed by atoms with Crippen LogP contribution in [0.4, 0.5) is 0 Å². The molecule has 1 aromatic carbocycles. The van der Waals surface area contributed by atoms with Crippen molar-refractivity contribution < 1.29 is 4.74 Å². The van der Waals surface area contributed by atoms with Gasteiger partial charge in [0, 0.05) is 12.6 Å². The van der Waals surface area contributed by atoms with E-state index in [9.17, 15) is 0 Å². The summed E-state index contributed by atoms with van der Waals surface area (Å²) in [6.07, 6.45) is 6.08. The molecule has 1 N–H and O–H groups in total. The summed E-state index contributed by atoms with van der Waals surface area (Å²) in [6.45, 7) is 5.97. The Morgan fingerprint density at radius 2 is 2.00 bits per heavy atom. The topological polar surface area (TPSA) is 21.3 Å². The zero-order chi connectivity index (χ0) is 12.8. The molecule has 1 saturated carbocycles. The fraction of sp³-hybridized carbons (Fsp3) is 0.500. The van der Waals surface area contributed by atoms with Crippen LogP contribution in [0.3, 0.4) is 0 Å². The lowest BCUT2D eigenvalue weighted by Gasteiger charge is -2.07. The molecule has 2 heteroatoms. The molecular formula is C16H23NO. The zero-order valence-electron chi connectivity index (χ0n) is 11.4. The molecule has 98 valence electrons. The molecule has 2 rings (SSSR count). The Kier molecular flexibility index (Phi) is 4.82. The molecule has 1 aliphatic rings. The van der Waals surface area contributed by atoms with Crippen molar-refractivity contribution >= 4 is 6.08 Å². The van der Waals surface area contributed by atoms with E-state index >= 15 is 0 Å². The molecule has 0 unspecified atom stereocenters. The first-order chi connectivity index (χ1) is 8.81. The van der Waals surface area contributed by atoms with E-state index in [0.29, 0.717) is 0 Å². The molecule has 1 fully saturated rings. The van der Waals surface area contributed by atoms with Crippen LogP contribution in [0.25, 0.3) is 6.08 Å². The number of hydrogen-bond acceptors (Lipinski definition) is 2. The van der Waals surface area contributed by atoms with Crippen LogP contribution < -0.4 is 10.1 Å². The molecule has 0 bridgehead atoms. The van der Waals surface area contributed by atoms with Gasteiger partial charge in [0.15, 0.2) is 0 Å². The lowest BCUT2D eigenvalue weighted by molar-refractivity contribution is 0.340. The summed E-state index contributed by atoms with van der Waals surface area (Å²) in [7, 11) is 0. The van der Waals surface area contributed by atoms with Crippen LogP contribution in [-0.2, 0) is 0 Å². The summed E-state index contributed by atoms with van der Waals surface area (Å²) in [5, 5.41) is 3.57. The maximum Gasteiger partial charge on any atom is 0.119 e. The van der Waals surface area contributed by atoms with Gasteiger partial charge in [0.05, 0.1) is 6.61 Å². The van der Waals surface area contributed by atoms with E-state index in [1.807, 2.05) is 19.1 Å². The van der Waals surface area contributed by atoms with Gasteiger partial charge in [-0.2, -0.15) is 0 Å². The molecule has 0 radical (unpaired) electrons. The molecule has 0 aliphatic heterocycles. The van der Waals surface area contributed by atoms with Crippen molar-refractivity contribution in [3.8, 4) is 5.75 Å². The van der Waals surface area contributed by atoms with E-state index in [1.54, 1.807) is 0 Å². The van der Waals surface area contributed by atoms with E-state index in [-0.39, 0.29) is 0 Å². The van der Waals surface area contributed by atoms with Gasteiger partial charge in [0.2, 0.25) is 0 Å². The highest BCUT2D eigenvalue weighted by atomic mass is 16.5. The highest BCUT2D eigenvalue weighted by Gasteiger charge is 2.19. The molecule has 0 amide bonds. The quantitative estimate of drug-likeness (QED) is 0.792. The summed E-state index contributed by atoms with van der Waals surface area (Å²) in [5.41, 5.74) is 2.72. The van der Waals surface area contributed by atoms with Crippen molar-refractivity contribution in [3.05, 3.63) is 35.4 Å². The molecule has 0 aromatic heterocycles. The third-order valence-electron chi connectivity index (χ3n) is 3.21. The second-order valence-electron chi connectivity index (χ2n) is 4.81. The maximum absolute atomic E-state index is 5.45. The molecule has 0 atom stereocenters. The van der Waals surface area contributed by atoms with Gasteiger partial charge in [-0.3, -0.25) is 0 Å². The van der Waals surface area contributed by atoms with E-state index in [0.717, 1.165) is 31.4 Å². The van der Waals surface area contributed by atoms with Crippen LogP contribution in [-0.4, -0.2) is 19.2 Å². The highest BCUT2D eigenvalue weighted by Crippen LogP contribution is 2.20. The summed E-state index contributed by atoms with van der Waals surface area (Å²) < 4.78 is 5.45. The normalized spacial score (nSPS) is 15.8. The molecule has 0 saturated heterocycles. The minimum Gasteiger partial charge on any atom is -0.494 e. The smallest absolute Gasteiger partial charge is 0.119 e. The average molecular weight is 245 g/mol. The number of rotatable bonds is 7. The average Bonchev–Trinajstić information content (AvgIpc) is 3.21. The van der Waals surface area contributed by atoms with Crippen molar-refractivity contribution in [2.45, 2.75) is 39.2 Å². The third-order valence-corrected chi connectivity index (χ3v) is 3.21. The first-order valence-corrected chi connectivity index (χ1v) is 6.97. The summed E-state index contributed by atoms with van der Waals surface area (Å²) in [4.78, 5) is 0. The largest absolute Gasteiger partial charge is 0.494 e. The minimum atomic E-state index is 0.723. The molecule has 1 aliphatic carbocycles. The summed E-state index contributed by atoms with van der Waals surface area (Å²) in [5.74, 6) is 0.948. The third kappa shape index (κ3) is 4.19. The van der Waals surface area contributed by atoms with Crippen LogP contribution >= 0.6 is 0 Å². The molecule has 0 heterocycles. The van der Waals surface area contributed by atoms with E-state index in [4.69, 9.17) is 4.74 Å². The standard InChI is InChI=1S/C16H23NO/c1-3-13(12-17-15-7-8-15)11-14-5-9-16(10-6-14)18-4-2/h5-6,9-11,15,17H,3-4,7-8,12H2,1-2H3. The van der Waals surface area contributed by atoms with Crippen LogP contribution in [0.15, 0.2) is 29.8 Å². The predicted molar refractivity (Wildman–Crippen MR) is 76.9 cm³/mol. The van der Waals surface area contributed by atoms with Gasteiger partial charge >= 0.3 is 0 Å². The lowest BCUT2D eigenvalue weighted by atomic mass is 10.1. The van der Waals surface area contributed by atoms with Crippen molar-refractivity contribution in [2.24, 2.45) is 0 Å². The molecule has 18 heavy (non-hydrogen) atoms. The van der Waals surface area contributed by atoms with Gasteiger partial charge in [-0.05, 0) is 43.9 Å². The van der Waals surface area contributed by atoms with Crippen LogP contribution in [0.1, 0.15) is 38.7 Å². The Hall–Kier alpha value is -1.28. The number of benzene rings is 1. The summed E-state index contributed by atoms with van der Waals surface area (Å²) in [6, 6.07) is 9.10. The first-order valence-electron chi connectivity index (χ1n) is 6.97. The molecule has 1 aromatic rings. The monoisotopic (exact) mass is 245 g/mol.